The lowest BCUT2D eigenvalue weighted by atomic mass is 9.54. The fraction of sp³-hybridized carbons (Fsp3) is 0.208. The third-order valence-corrected chi connectivity index (χ3v) is 8.78. The molecular formula is C24H18N4O3S2. The summed E-state index contributed by atoms with van der Waals surface area (Å²) in [5.41, 5.74) is 1.77. The number of nitrogens with zero attached hydrogens (tertiary/aromatic N) is 2. The first-order valence-corrected chi connectivity index (χ1v) is 12.3. The van der Waals surface area contributed by atoms with Crippen molar-refractivity contribution >= 4 is 46.7 Å². The monoisotopic (exact) mass is 474 g/mol. The van der Waals surface area contributed by atoms with Gasteiger partial charge in [0, 0.05) is 17.6 Å². The maximum atomic E-state index is 13.8. The number of imide groups is 2. The van der Waals surface area contributed by atoms with E-state index in [9.17, 15) is 14.4 Å². The van der Waals surface area contributed by atoms with Gasteiger partial charge in [0.15, 0.2) is 0 Å². The van der Waals surface area contributed by atoms with Gasteiger partial charge in [0.05, 0.1) is 4.88 Å². The Kier molecular flexibility index (Phi) is 4.70. The zero-order chi connectivity index (χ0) is 22.6. The van der Waals surface area contributed by atoms with Crippen molar-refractivity contribution in [1.82, 2.24) is 20.2 Å². The van der Waals surface area contributed by atoms with Crippen molar-refractivity contribution in [2.45, 2.75) is 24.0 Å². The molecule has 1 fully saturated rings. The molecule has 7 nitrogen and oxygen atoms in total. The maximum Gasteiger partial charge on any atom is 0.328 e. The Morgan fingerprint density at radius 1 is 0.879 bits per heavy atom. The molecule has 3 aliphatic rings. The number of nitrogens with one attached hydrogen (secondary N) is 2. The number of rotatable bonds is 2. The lowest BCUT2D eigenvalue weighted by Gasteiger charge is -2.50. The van der Waals surface area contributed by atoms with Crippen molar-refractivity contribution < 1.29 is 14.4 Å². The summed E-state index contributed by atoms with van der Waals surface area (Å²) < 4.78 is 4.17. The Labute approximate surface area is 197 Å². The average Bonchev–Trinajstić information content (AvgIpc) is 3.32. The third-order valence-electron chi connectivity index (χ3n) is 6.71. The third kappa shape index (κ3) is 2.92. The summed E-state index contributed by atoms with van der Waals surface area (Å²) in [5, 5.41) is 9.25. The Morgan fingerprint density at radius 3 is 2.18 bits per heavy atom. The van der Waals surface area contributed by atoms with E-state index in [1.807, 2.05) is 60.7 Å². The Bertz CT molecular complexity index is 1300. The van der Waals surface area contributed by atoms with Gasteiger partial charge < -0.3 is 0 Å². The molecule has 0 radical (unpaired) electrons. The first kappa shape index (κ1) is 20.3. The highest BCUT2D eigenvalue weighted by molar-refractivity contribution is 8.02. The van der Waals surface area contributed by atoms with Crippen molar-refractivity contribution in [2.24, 2.45) is 5.41 Å². The second-order valence-electron chi connectivity index (χ2n) is 8.29. The van der Waals surface area contributed by atoms with Crippen LogP contribution in [0.25, 0.3) is 5.57 Å². The number of carbonyl (C=O) groups excluding carboxylic acids is 3. The summed E-state index contributed by atoms with van der Waals surface area (Å²) in [6, 6.07) is 18.4. The van der Waals surface area contributed by atoms with E-state index < -0.39 is 35.1 Å². The highest BCUT2D eigenvalue weighted by atomic mass is 32.2. The first-order valence-electron chi connectivity index (χ1n) is 10.5. The molecule has 0 saturated carbocycles. The second kappa shape index (κ2) is 7.64. The molecule has 2 aromatic carbocycles. The maximum absolute atomic E-state index is 13.8. The molecule has 1 aromatic heterocycles. The Morgan fingerprint density at radius 2 is 1.52 bits per heavy atom. The molecule has 33 heavy (non-hydrogen) atoms. The minimum atomic E-state index is -1.56. The van der Waals surface area contributed by atoms with Crippen molar-refractivity contribution in [3.8, 4) is 0 Å². The molecule has 3 heterocycles. The van der Waals surface area contributed by atoms with Gasteiger partial charge in [0.1, 0.15) is 11.1 Å². The molecule has 3 aromatic rings. The zero-order valence-electron chi connectivity index (χ0n) is 17.3. The van der Waals surface area contributed by atoms with Gasteiger partial charge in [-0.05, 0) is 39.6 Å². The molecule has 4 amide bonds. The molecule has 0 bridgehead atoms. The molecule has 1 saturated heterocycles. The van der Waals surface area contributed by atoms with Crippen LogP contribution in [0.1, 0.15) is 40.0 Å². The van der Waals surface area contributed by atoms with E-state index in [4.69, 9.17) is 0 Å². The normalized spacial score (nSPS) is 23.6. The fourth-order valence-corrected chi connectivity index (χ4v) is 7.32. The standard InChI is InChI=1S/C24H18N4O3S2/c29-21-24(22(30)26-23(31)25-21)15(13-7-3-1-4-8-13)11-16-18(19(24)14-9-5-2-6-10-14)20-17(12-32-16)33-28-27-20/h1-10,15,19H,11-12H2,(H2,25,26,29,30,31). The average molecular weight is 475 g/mol. The number of hydrogen-bond acceptors (Lipinski definition) is 7. The van der Waals surface area contributed by atoms with Gasteiger partial charge >= 0.3 is 6.03 Å². The van der Waals surface area contributed by atoms with Gasteiger partial charge in [-0.1, -0.05) is 65.2 Å². The molecule has 1 aliphatic carbocycles. The van der Waals surface area contributed by atoms with Gasteiger partial charge in [-0.3, -0.25) is 20.2 Å². The van der Waals surface area contributed by atoms with E-state index in [0.29, 0.717) is 6.42 Å². The fourth-order valence-electron chi connectivity index (χ4n) is 5.38. The number of amides is 4. The van der Waals surface area contributed by atoms with Crippen LogP contribution in [0.4, 0.5) is 4.79 Å². The Hall–Kier alpha value is -3.30. The molecular weight excluding hydrogens is 456 g/mol. The molecule has 1 spiro atoms. The highest BCUT2D eigenvalue weighted by Gasteiger charge is 2.64. The summed E-state index contributed by atoms with van der Waals surface area (Å²) in [4.78, 5) is 41.9. The predicted octanol–water partition coefficient (Wildman–Crippen LogP) is 3.82. The molecule has 6 rings (SSSR count). The SMILES string of the molecule is O=C1NC(=O)C2(C(=O)N1)C(c1ccccc1)CC1=C(c3nnsc3CS1)C2c1ccccc1. The van der Waals surface area contributed by atoms with Crippen LogP contribution in [0.3, 0.4) is 0 Å². The molecule has 2 aliphatic heterocycles. The summed E-state index contributed by atoms with van der Waals surface area (Å²) >= 11 is 3.06. The summed E-state index contributed by atoms with van der Waals surface area (Å²) in [6.07, 6.45) is 0.499. The highest BCUT2D eigenvalue weighted by Crippen LogP contribution is 2.63. The van der Waals surface area contributed by atoms with E-state index >= 15 is 0 Å². The van der Waals surface area contributed by atoms with Gasteiger partial charge in [-0.25, -0.2) is 4.79 Å². The largest absolute Gasteiger partial charge is 0.328 e. The number of urea groups is 1. The smallest absolute Gasteiger partial charge is 0.277 e. The molecule has 2 unspecified atom stereocenters. The number of benzene rings is 2. The van der Waals surface area contributed by atoms with Crippen molar-refractivity contribution in [3.05, 3.63) is 87.3 Å². The van der Waals surface area contributed by atoms with E-state index in [1.165, 1.54) is 11.5 Å². The van der Waals surface area contributed by atoms with Crippen molar-refractivity contribution in [3.63, 3.8) is 0 Å². The minimum absolute atomic E-state index is 0.462. The van der Waals surface area contributed by atoms with Crippen molar-refractivity contribution in [2.75, 3.05) is 0 Å². The van der Waals surface area contributed by atoms with Gasteiger partial charge in [-0.2, -0.15) is 0 Å². The Balaban J connectivity index is 1.69. The minimum Gasteiger partial charge on any atom is -0.277 e. The first-order chi connectivity index (χ1) is 16.1. The summed E-state index contributed by atoms with van der Waals surface area (Å²) in [7, 11) is 0. The van der Waals surface area contributed by atoms with Crippen LogP contribution >= 0.6 is 23.3 Å². The predicted molar refractivity (Wildman–Crippen MR) is 125 cm³/mol. The number of thioether (sulfide) groups is 1. The van der Waals surface area contributed by atoms with E-state index in [0.717, 1.165) is 37.9 Å². The number of carbonyl (C=O) groups is 3. The van der Waals surface area contributed by atoms with E-state index in [2.05, 4.69) is 20.2 Å². The van der Waals surface area contributed by atoms with Gasteiger partial charge in [-0.15, -0.1) is 16.9 Å². The quantitative estimate of drug-likeness (QED) is 0.548. The number of aromatic nitrogens is 2. The van der Waals surface area contributed by atoms with Crippen LogP contribution in [-0.4, -0.2) is 27.4 Å². The van der Waals surface area contributed by atoms with Gasteiger partial charge in [0.25, 0.3) is 0 Å². The molecule has 2 N–H and O–H groups in total. The van der Waals surface area contributed by atoms with Gasteiger partial charge in [0.2, 0.25) is 11.8 Å². The van der Waals surface area contributed by atoms with E-state index in [-0.39, 0.29) is 0 Å². The van der Waals surface area contributed by atoms with E-state index in [1.54, 1.807) is 11.8 Å². The van der Waals surface area contributed by atoms with Crippen LogP contribution in [0, 0.1) is 5.41 Å². The van der Waals surface area contributed by atoms with Crippen LogP contribution in [0.2, 0.25) is 0 Å². The van der Waals surface area contributed by atoms with Crippen LogP contribution < -0.4 is 10.6 Å². The second-order valence-corrected chi connectivity index (χ2v) is 10.2. The lowest BCUT2D eigenvalue weighted by molar-refractivity contribution is -0.147. The van der Waals surface area contributed by atoms with Crippen LogP contribution in [0.15, 0.2) is 65.6 Å². The van der Waals surface area contributed by atoms with Crippen molar-refractivity contribution in [1.29, 1.82) is 0 Å². The topological polar surface area (TPSA) is 101 Å². The van der Waals surface area contributed by atoms with Crippen LogP contribution in [-0.2, 0) is 15.3 Å². The lowest BCUT2D eigenvalue weighted by Crippen LogP contribution is -2.67. The summed E-state index contributed by atoms with van der Waals surface area (Å²) in [5.74, 6) is -1.48. The number of allylic oxidation sites excluding steroid dienone is 2. The number of barbiturate groups is 1. The molecule has 164 valence electrons. The summed E-state index contributed by atoms with van der Waals surface area (Å²) in [6.45, 7) is 0. The molecule has 2 atom stereocenters. The number of hydrogen-bond donors (Lipinski definition) is 2. The molecule has 9 heteroatoms. The number of fused-ring (bicyclic) bond motifs is 2. The van der Waals surface area contributed by atoms with Crippen LogP contribution in [0.5, 0.6) is 0 Å². The zero-order valence-corrected chi connectivity index (χ0v) is 18.9.